The molecule has 0 fully saturated rings. The topological polar surface area (TPSA) is 6.48 Å². The SMILES string of the molecule is CN1C(=CC=Cc2ccccc2C=C/C=C2/N(C)c3ccccc3C2(C)C)C(C)(C)c2ccccc21. The van der Waals surface area contributed by atoms with E-state index in [9.17, 15) is 0 Å². The Labute approximate surface area is 216 Å². The van der Waals surface area contributed by atoms with Gasteiger partial charge in [0, 0.05) is 47.7 Å². The third kappa shape index (κ3) is 3.91. The van der Waals surface area contributed by atoms with Crippen LogP contribution in [0.5, 0.6) is 0 Å². The molecular formula is C34H36N2. The van der Waals surface area contributed by atoms with E-state index in [-0.39, 0.29) is 10.8 Å². The highest BCUT2D eigenvalue weighted by atomic mass is 15.2. The summed E-state index contributed by atoms with van der Waals surface area (Å²) in [6.07, 6.45) is 13.3. The highest BCUT2D eigenvalue weighted by Crippen LogP contribution is 2.47. The second-order valence-corrected chi connectivity index (χ2v) is 10.9. The van der Waals surface area contributed by atoms with Crippen LogP contribution in [0, 0.1) is 0 Å². The van der Waals surface area contributed by atoms with Crippen LogP contribution in [0.1, 0.15) is 49.9 Å². The van der Waals surface area contributed by atoms with Crippen molar-refractivity contribution in [2.75, 3.05) is 23.9 Å². The van der Waals surface area contributed by atoms with E-state index in [0.29, 0.717) is 0 Å². The predicted octanol–water partition coefficient (Wildman–Crippen LogP) is 8.34. The van der Waals surface area contributed by atoms with Crippen LogP contribution in [0.25, 0.3) is 12.2 Å². The first kappa shape index (κ1) is 23.9. The summed E-state index contributed by atoms with van der Waals surface area (Å²) in [5.41, 5.74) is 10.4. The smallest absolute Gasteiger partial charge is 0.0447 e. The van der Waals surface area contributed by atoms with Gasteiger partial charge in [0.15, 0.2) is 0 Å². The van der Waals surface area contributed by atoms with Gasteiger partial charge in [-0.25, -0.2) is 0 Å². The van der Waals surface area contributed by atoms with Gasteiger partial charge in [-0.1, -0.05) is 113 Å². The van der Waals surface area contributed by atoms with Crippen LogP contribution in [0.3, 0.4) is 0 Å². The summed E-state index contributed by atoms with van der Waals surface area (Å²) in [5, 5.41) is 0. The number of benzene rings is 3. The van der Waals surface area contributed by atoms with Crippen molar-refractivity contribution in [2.45, 2.75) is 38.5 Å². The minimum Gasteiger partial charge on any atom is -0.347 e. The summed E-state index contributed by atoms with van der Waals surface area (Å²) in [6, 6.07) is 26.0. The molecule has 3 aromatic rings. The van der Waals surface area contributed by atoms with E-state index in [1.165, 1.54) is 45.0 Å². The van der Waals surface area contributed by atoms with Gasteiger partial charge >= 0.3 is 0 Å². The van der Waals surface area contributed by atoms with Gasteiger partial charge in [0.1, 0.15) is 0 Å². The van der Waals surface area contributed by atoms with Crippen molar-refractivity contribution in [1.82, 2.24) is 0 Å². The summed E-state index contributed by atoms with van der Waals surface area (Å²) in [5.74, 6) is 0. The molecule has 5 rings (SSSR count). The van der Waals surface area contributed by atoms with Gasteiger partial charge in [0.2, 0.25) is 0 Å². The van der Waals surface area contributed by atoms with E-state index in [1.54, 1.807) is 0 Å². The first-order valence-corrected chi connectivity index (χ1v) is 12.8. The number of hydrogen-bond acceptors (Lipinski definition) is 2. The van der Waals surface area contributed by atoms with Crippen molar-refractivity contribution in [3.63, 3.8) is 0 Å². The van der Waals surface area contributed by atoms with Crippen molar-refractivity contribution < 1.29 is 0 Å². The Morgan fingerprint density at radius 3 is 1.28 bits per heavy atom. The molecule has 0 aliphatic carbocycles. The fourth-order valence-electron chi connectivity index (χ4n) is 5.90. The largest absolute Gasteiger partial charge is 0.347 e. The van der Waals surface area contributed by atoms with Gasteiger partial charge in [-0.2, -0.15) is 0 Å². The molecule has 0 atom stereocenters. The Bertz CT molecular complexity index is 1310. The van der Waals surface area contributed by atoms with Crippen molar-refractivity contribution in [3.05, 3.63) is 131 Å². The Morgan fingerprint density at radius 1 is 0.528 bits per heavy atom. The van der Waals surface area contributed by atoms with Gasteiger partial charge in [-0.05, 0) is 46.5 Å². The third-order valence-corrected chi connectivity index (χ3v) is 7.94. The van der Waals surface area contributed by atoms with Crippen LogP contribution >= 0.6 is 0 Å². The Kier molecular flexibility index (Phi) is 6.00. The fraction of sp³-hybridized carbons (Fsp3) is 0.235. The van der Waals surface area contributed by atoms with E-state index >= 15 is 0 Å². The standard InChI is InChI=1S/C34H36N2/c1-33(2)27-19-9-11-21-29(27)35(5)31(33)23-13-17-25-15-7-8-16-26(25)18-14-24-32-34(3,4)28-20-10-12-22-30(28)36(32)6/h7-24H,1-6H3/b17-13?,18-14?,31-23+,32-24?. The fourth-order valence-corrected chi connectivity index (χ4v) is 5.90. The summed E-state index contributed by atoms with van der Waals surface area (Å²) >= 11 is 0. The lowest BCUT2D eigenvalue weighted by Crippen LogP contribution is -2.22. The van der Waals surface area contributed by atoms with Crippen molar-refractivity contribution in [2.24, 2.45) is 0 Å². The molecule has 0 spiro atoms. The zero-order valence-corrected chi connectivity index (χ0v) is 22.3. The van der Waals surface area contributed by atoms with Crippen molar-refractivity contribution >= 4 is 23.5 Å². The molecule has 0 bridgehead atoms. The van der Waals surface area contributed by atoms with Crippen LogP contribution in [-0.2, 0) is 10.8 Å². The third-order valence-electron chi connectivity index (χ3n) is 7.94. The maximum atomic E-state index is 2.32. The molecular weight excluding hydrogens is 436 g/mol. The molecule has 2 nitrogen and oxygen atoms in total. The normalized spacial score (nSPS) is 20.2. The highest BCUT2D eigenvalue weighted by molar-refractivity contribution is 5.73. The molecule has 0 saturated carbocycles. The lowest BCUT2D eigenvalue weighted by molar-refractivity contribution is 0.640. The second-order valence-electron chi connectivity index (χ2n) is 10.9. The van der Waals surface area contributed by atoms with E-state index in [2.05, 4.69) is 161 Å². The van der Waals surface area contributed by atoms with Gasteiger partial charge < -0.3 is 9.80 Å². The monoisotopic (exact) mass is 472 g/mol. The number of anilines is 2. The molecule has 36 heavy (non-hydrogen) atoms. The van der Waals surface area contributed by atoms with Crippen molar-refractivity contribution in [1.29, 1.82) is 0 Å². The number of para-hydroxylation sites is 2. The zero-order valence-electron chi connectivity index (χ0n) is 22.3. The first-order chi connectivity index (χ1) is 17.2. The van der Waals surface area contributed by atoms with Gasteiger partial charge in [0.25, 0.3) is 0 Å². The summed E-state index contributed by atoms with van der Waals surface area (Å²) in [7, 11) is 4.33. The number of hydrogen-bond donors (Lipinski definition) is 0. The molecule has 0 N–H and O–H groups in total. The average molecular weight is 473 g/mol. The quantitative estimate of drug-likeness (QED) is 0.376. The number of nitrogens with zero attached hydrogens (tertiary/aromatic N) is 2. The minimum atomic E-state index is -0.0149. The summed E-state index contributed by atoms with van der Waals surface area (Å²) in [6.45, 7) is 9.22. The molecule has 182 valence electrons. The number of fused-ring (bicyclic) bond motifs is 2. The molecule has 3 aromatic carbocycles. The molecule has 0 unspecified atom stereocenters. The van der Waals surface area contributed by atoms with E-state index in [4.69, 9.17) is 0 Å². The molecule has 2 heterocycles. The molecule has 2 aliphatic heterocycles. The van der Waals surface area contributed by atoms with E-state index in [1.807, 2.05) is 0 Å². The van der Waals surface area contributed by atoms with Crippen LogP contribution in [0.4, 0.5) is 11.4 Å². The zero-order chi connectivity index (χ0) is 25.5. The van der Waals surface area contributed by atoms with Crippen LogP contribution in [0.15, 0.2) is 108 Å². The maximum Gasteiger partial charge on any atom is 0.0447 e. The van der Waals surface area contributed by atoms with E-state index < -0.39 is 0 Å². The molecule has 0 saturated heterocycles. The molecule has 2 heteroatoms. The Balaban J connectivity index is 1.39. The molecule has 0 amide bonds. The Morgan fingerprint density at radius 2 is 0.889 bits per heavy atom. The summed E-state index contributed by atoms with van der Waals surface area (Å²) in [4.78, 5) is 4.63. The van der Waals surface area contributed by atoms with Crippen LogP contribution < -0.4 is 9.80 Å². The molecule has 0 radical (unpaired) electrons. The van der Waals surface area contributed by atoms with Crippen LogP contribution in [-0.4, -0.2) is 14.1 Å². The number of rotatable bonds is 4. The lowest BCUT2D eigenvalue weighted by Gasteiger charge is -2.23. The number of allylic oxidation sites excluding steroid dienone is 6. The van der Waals surface area contributed by atoms with Crippen LogP contribution in [0.2, 0.25) is 0 Å². The minimum absolute atomic E-state index is 0.0149. The average Bonchev–Trinajstić information content (AvgIpc) is 3.19. The van der Waals surface area contributed by atoms with Crippen molar-refractivity contribution in [3.8, 4) is 0 Å². The lowest BCUT2D eigenvalue weighted by atomic mass is 9.83. The molecule has 2 aliphatic rings. The maximum absolute atomic E-state index is 2.32. The van der Waals surface area contributed by atoms with Gasteiger partial charge in [0.05, 0.1) is 0 Å². The second kappa shape index (κ2) is 9.02. The highest BCUT2D eigenvalue weighted by Gasteiger charge is 2.38. The summed E-state index contributed by atoms with van der Waals surface area (Å²) < 4.78 is 0. The first-order valence-electron chi connectivity index (χ1n) is 12.8. The van der Waals surface area contributed by atoms with Gasteiger partial charge in [-0.3, -0.25) is 0 Å². The van der Waals surface area contributed by atoms with E-state index in [0.717, 1.165) is 0 Å². The number of likely N-dealkylation sites (N-methyl/N-ethyl adjacent to an activating group) is 2. The predicted molar refractivity (Wildman–Crippen MR) is 156 cm³/mol. The Hall–Kier alpha value is -3.78. The van der Waals surface area contributed by atoms with Gasteiger partial charge in [-0.15, -0.1) is 0 Å². The molecule has 0 aromatic heterocycles.